The van der Waals surface area contributed by atoms with Crippen LogP contribution in [0, 0.1) is 0 Å². The number of carbonyl (C=O) groups is 2. The zero-order valence-electron chi connectivity index (χ0n) is 16.9. The van der Waals surface area contributed by atoms with Crippen molar-refractivity contribution >= 4 is 11.8 Å². The van der Waals surface area contributed by atoms with Crippen LogP contribution >= 0.6 is 0 Å². The molecule has 1 aliphatic heterocycles. The summed E-state index contributed by atoms with van der Waals surface area (Å²) >= 11 is 0. The van der Waals surface area contributed by atoms with Crippen molar-refractivity contribution in [2.45, 2.75) is 45.1 Å². The number of aromatic hydroxyl groups is 2. The Balaban J connectivity index is 1.58. The quantitative estimate of drug-likeness (QED) is 0.466. The highest BCUT2D eigenvalue weighted by Crippen LogP contribution is 2.42. The first-order chi connectivity index (χ1) is 14.5. The van der Waals surface area contributed by atoms with E-state index in [0.29, 0.717) is 25.4 Å². The first-order valence-electron chi connectivity index (χ1n) is 10.1. The summed E-state index contributed by atoms with van der Waals surface area (Å²) in [4.78, 5) is 23.8. The van der Waals surface area contributed by atoms with E-state index in [9.17, 15) is 19.8 Å². The summed E-state index contributed by atoms with van der Waals surface area (Å²) in [6, 6.07) is 9.51. The molecule has 2 N–H and O–H groups in total. The number of hydrogen-bond acceptors (Lipinski definition) is 7. The number of carbonyl (C=O) groups excluding carboxylic acids is 2. The number of unbranched alkanes of at least 4 members (excludes halogenated alkanes) is 2. The van der Waals surface area contributed by atoms with Crippen LogP contribution < -0.4 is 9.47 Å². The molecule has 0 spiro atoms. The van der Waals surface area contributed by atoms with Crippen LogP contribution in [0.4, 0.5) is 0 Å². The normalized spacial score (nSPS) is 15.2. The zero-order chi connectivity index (χ0) is 21.5. The van der Waals surface area contributed by atoms with Crippen LogP contribution in [-0.4, -0.2) is 35.2 Å². The van der Waals surface area contributed by atoms with Crippen molar-refractivity contribution in [1.29, 1.82) is 0 Å². The number of Topliss-reactive ketones (excluding diaryl/α,β-unsaturated/α-hetero) is 1. The maximum absolute atomic E-state index is 12.5. The van der Waals surface area contributed by atoms with E-state index in [1.165, 1.54) is 18.2 Å². The molecule has 1 heterocycles. The fourth-order valence-corrected chi connectivity index (χ4v) is 3.34. The topological polar surface area (TPSA) is 102 Å². The molecule has 2 aromatic rings. The van der Waals surface area contributed by atoms with Gasteiger partial charge in [-0.2, -0.15) is 0 Å². The minimum absolute atomic E-state index is 0.103. The summed E-state index contributed by atoms with van der Waals surface area (Å²) in [5.41, 5.74) is 0.922. The molecular weight excluding hydrogens is 388 g/mol. The molecule has 0 saturated heterocycles. The van der Waals surface area contributed by atoms with Gasteiger partial charge in [0.05, 0.1) is 19.6 Å². The highest BCUT2D eigenvalue weighted by Gasteiger charge is 2.31. The number of rotatable bonds is 9. The van der Waals surface area contributed by atoms with E-state index in [0.717, 1.165) is 24.8 Å². The minimum Gasteiger partial charge on any atom is -0.508 e. The minimum atomic E-state index is -0.497. The molecule has 2 aromatic carbocycles. The molecule has 1 unspecified atom stereocenters. The molecule has 1 atom stereocenters. The third-order valence-corrected chi connectivity index (χ3v) is 4.84. The first kappa shape index (κ1) is 21.5. The highest BCUT2D eigenvalue weighted by atomic mass is 16.5. The van der Waals surface area contributed by atoms with Crippen molar-refractivity contribution in [3.05, 3.63) is 47.5 Å². The number of benzene rings is 2. The van der Waals surface area contributed by atoms with Crippen LogP contribution in [0.3, 0.4) is 0 Å². The lowest BCUT2D eigenvalue weighted by Gasteiger charge is -2.26. The molecule has 0 bridgehead atoms. The standard InChI is InChI=1S/C23H26O7/c1-2-28-22(27)6-4-3-5-11-29-17-12-18(25)23-19(26)14-20(30-21(23)13-17)15-7-9-16(24)10-8-15/h7-10,12-13,20,24-25H,2-6,11,14H2,1H3. The molecular formula is C23H26O7. The van der Waals surface area contributed by atoms with Crippen LogP contribution in [0.2, 0.25) is 0 Å². The Morgan fingerprint density at radius 1 is 1.13 bits per heavy atom. The van der Waals surface area contributed by atoms with Crippen LogP contribution in [0.1, 0.15) is 61.1 Å². The largest absolute Gasteiger partial charge is 0.508 e. The van der Waals surface area contributed by atoms with Crippen LogP contribution in [0.15, 0.2) is 36.4 Å². The van der Waals surface area contributed by atoms with E-state index in [-0.39, 0.29) is 41.0 Å². The summed E-state index contributed by atoms with van der Waals surface area (Å²) in [5, 5.41) is 19.7. The first-order valence-corrected chi connectivity index (χ1v) is 10.1. The lowest BCUT2D eigenvalue weighted by Crippen LogP contribution is -2.20. The molecule has 0 fully saturated rings. The fourth-order valence-electron chi connectivity index (χ4n) is 3.34. The highest BCUT2D eigenvalue weighted by molar-refractivity contribution is 6.02. The number of ether oxygens (including phenoxy) is 3. The van der Waals surface area contributed by atoms with Crippen molar-refractivity contribution < 1.29 is 34.0 Å². The molecule has 0 saturated carbocycles. The summed E-state index contributed by atoms with van der Waals surface area (Å²) in [6.07, 6.45) is 2.28. The molecule has 1 aliphatic rings. The van der Waals surface area contributed by atoms with Crippen molar-refractivity contribution in [1.82, 2.24) is 0 Å². The molecule has 0 aromatic heterocycles. The van der Waals surface area contributed by atoms with Gasteiger partial charge in [0.25, 0.3) is 0 Å². The summed E-state index contributed by atoms with van der Waals surface area (Å²) in [7, 11) is 0. The second-order valence-corrected chi connectivity index (χ2v) is 7.11. The van der Waals surface area contributed by atoms with E-state index in [4.69, 9.17) is 14.2 Å². The van der Waals surface area contributed by atoms with Gasteiger partial charge in [0.1, 0.15) is 34.7 Å². The number of phenols is 2. The smallest absolute Gasteiger partial charge is 0.305 e. The van der Waals surface area contributed by atoms with Gasteiger partial charge in [0, 0.05) is 18.6 Å². The number of esters is 1. The maximum Gasteiger partial charge on any atom is 0.305 e. The summed E-state index contributed by atoms with van der Waals surface area (Å²) in [5.74, 6) is 0.258. The van der Waals surface area contributed by atoms with Gasteiger partial charge >= 0.3 is 5.97 Å². The second-order valence-electron chi connectivity index (χ2n) is 7.11. The molecule has 30 heavy (non-hydrogen) atoms. The lowest BCUT2D eigenvalue weighted by molar-refractivity contribution is -0.143. The van der Waals surface area contributed by atoms with Gasteiger partial charge in [-0.1, -0.05) is 12.1 Å². The average Bonchev–Trinajstić information content (AvgIpc) is 2.70. The van der Waals surface area contributed by atoms with Gasteiger partial charge in [0.15, 0.2) is 5.78 Å². The van der Waals surface area contributed by atoms with Gasteiger partial charge < -0.3 is 24.4 Å². The maximum atomic E-state index is 12.5. The zero-order valence-corrected chi connectivity index (χ0v) is 16.9. The Morgan fingerprint density at radius 2 is 1.90 bits per heavy atom. The molecule has 0 radical (unpaired) electrons. The van der Waals surface area contributed by atoms with Gasteiger partial charge in [-0.15, -0.1) is 0 Å². The third-order valence-electron chi connectivity index (χ3n) is 4.84. The van der Waals surface area contributed by atoms with Crippen LogP contribution in [0.5, 0.6) is 23.0 Å². The van der Waals surface area contributed by atoms with Gasteiger partial charge in [-0.25, -0.2) is 0 Å². The van der Waals surface area contributed by atoms with E-state index in [1.54, 1.807) is 25.1 Å². The number of phenolic OH excluding ortho intramolecular Hbond substituents is 2. The summed E-state index contributed by atoms with van der Waals surface area (Å²) < 4.78 is 16.5. The molecule has 160 valence electrons. The van der Waals surface area contributed by atoms with Crippen molar-refractivity contribution in [3.63, 3.8) is 0 Å². The molecule has 7 nitrogen and oxygen atoms in total. The van der Waals surface area contributed by atoms with E-state index >= 15 is 0 Å². The monoisotopic (exact) mass is 414 g/mol. The van der Waals surface area contributed by atoms with E-state index < -0.39 is 6.10 Å². The Bertz CT molecular complexity index is 889. The number of ketones is 1. The van der Waals surface area contributed by atoms with Gasteiger partial charge in [-0.3, -0.25) is 9.59 Å². The predicted molar refractivity (Wildman–Crippen MR) is 109 cm³/mol. The van der Waals surface area contributed by atoms with Crippen molar-refractivity contribution in [3.8, 4) is 23.0 Å². The van der Waals surface area contributed by atoms with Crippen molar-refractivity contribution in [2.75, 3.05) is 13.2 Å². The summed E-state index contributed by atoms with van der Waals surface area (Å²) in [6.45, 7) is 2.59. The Labute approximate surface area is 175 Å². The Kier molecular flexibility index (Phi) is 7.17. The lowest BCUT2D eigenvalue weighted by atomic mass is 9.95. The average molecular weight is 414 g/mol. The third kappa shape index (κ3) is 5.43. The SMILES string of the molecule is CCOC(=O)CCCCCOc1cc(O)c2c(c1)OC(c1ccc(O)cc1)CC2=O. The van der Waals surface area contributed by atoms with Gasteiger partial charge in [0.2, 0.25) is 0 Å². The molecule has 0 aliphatic carbocycles. The van der Waals surface area contributed by atoms with Gasteiger partial charge in [-0.05, 0) is 43.9 Å². The Hall–Kier alpha value is -3.22. The number of hydrogen-bond donors (Lipinski definition) is 2. The van der Waals surface area contributed by atoms with Crippen LogP contribution in [-0.2, 0) is 9.53 Å². The molecule has 0 amide bonds. The Morgan fingerprint density at radius 3 is 2.63 bits per heavy atom. The van der Waals surface area contributed by atoms with Crippen LogP contribution in [0.25, 0.3) is 0 Å². The van der Waals surface area contributed by atoms with Crippen molar-refractivity contribution in [2.24, 2.45) is 0 Å². The van der Waals surface area contributed by atoms with E-state index in [2.05, 4.69) is 0 Å². The fraction of sp³-hybridized carbons (Fsp3) is 0.391. The second kappa shape index (κ2) is 10.0. The number of fused-ring (bicyclic) bond motifs is 1. The predicted octanol–water partition coefficient (Wildman–Crippen LogP) is 4.31. The van der Waals surface area contributed by atoms with E-state index in [1.807, 2.05) is 0 Å². The molecule has 7 heteroatoms. The molecule has 3 rings (SSSR count).